The summed E-state index contributed by atoms with van der Waals surface area (Å²) in [7, 11) is 1.24. The van der Waals surface area contributed by atoms with Gasteiger partial charge in [0.1, 0.15) is 11.4 Å². The third-order valence-corrected chi connectivity index (χ3v) is 5.64. The molecule has 4 rings (SSSR count). The molecule has 0 bridgehead atoms. The Morgan fingerprint density at radius 2 is 1.71 bits per heavy atom. The first-order valence-corrected chi connectivity index (χ1v) is 8.93. The zero-order valence-corrected chi connectivity index (χ0v) is 15.4. The molecule has 0 spiro atoms. The van der Waals surface area contributed by atoms with Crippen LogP contribution in [0.3, 0.4) is 0 Å². The highest BCUT2D eigenvalue weighted by Crippen LogP contribution is 2.49. The summed E-state index contributed by atoms with van der Waals surface area (Å²) in [5.41, 5.74) is -0.300. The van der Waals surface area contributed by atoms with Crippen molar-refractivity contribution in [3.63, 3.8) is 0 Å². The molecule has 4 atom stereocenters. The number of carbonyl (C=O) groups excluding carboxylic acids is 3. The van der Waals surface area contributed by atoms with Gasteiger partial charge in [-0.15, -0.1) is 0 Å². The normalized spacial score (nSPS) is 29.1. The van der Waals surface area contributed by atoms with E-state index in [1.54, 1.807) is 49.4 Å². The van der Waals surface area contributed by atoms with Crippen molar-refractivity contribution in [1.82, 2.24) is 5.32 Å². The number of hydrogen-bond acceptors (Lipinski definition) is 5. The number of carbonyl (C=O) groups is 3. The topological polar surface area (TPSA) is 75.7 Å². The van der Waals surface area contributed by atoms with Crippen LogP contribution < -0.4 is 10.2 Å². The average molecular weight is 382 g/mol. The van der Waals surface area contributed by atoms with E-state index in [4.69, 9.17) is 4.74 Å². The number of esters is 1. The van der Waals surface area contributed by atoms with Crippen LogP contribution in [0.1, 0.15) is 18.5 Å². The van der Waals surface area contributed by atoms with Crippen LogP contribution in [0.25, 0.3) is 0 Å². The second-order valence-electron chi connectivity index (χ2n) is 7.22. The van der Waals surface area contributed by atoms with E-state index in [1.807, 2.05) is 0 Å². The van der Waals surface area contributed by atoms with Gasteiger partial charge in [0.15, 0.2) is 0 Å². The summed E-state index contributed by atoms with van der Waals surface area (Å²) in [4.78, 5) is 40.3. The van der Waals surface area contributed by atoms with Gasteiger partial charge in [-0.05, 0) is 36.8 Å². The number of imide groups is 1. The number of hydrogen-bond donors (Lipinski definition) is 1. The number of rotatable bonds is 3. The van der Waals surface area contributed by atoms with E-state index in [0.29, 0.717) is 11.3 Å². The highest BCUT2D eigenvalue weighted by atomic mass is 19.1. The van der Waals surface area contributed by atoms with Gasteiger partial charge < -0.3 is 4.74 Å². The van der Waals surface area contributed by atoms with Crippen molar-refractivity contribution >= 4 is 23.5 Å². The third-order valence-electron chi connectivity index (χ3n) is 5.64. The second kappa shape index (κ2) is 6.53. The van der Waals surface area contributed by atoms with Crippen LogP contribution in [0.15, 0.2) is 54.6 Å². The van der Waals surface area contributed by atoms with Crippen molar-refractivity contribution < 1.29 is 23.5 Å². The molecule has 6 nitrogen and oxygen atoms in total. The van der Waals surface area contributed by atoms with Crippen LogP contribution in [0, 0.1) is 17.7 Å². The van der Waals surface area contributed by atoms with Gasteiger partial charge in [0.05, 0.1) is 24.6 Å². The van der Waals surface area contributed by atoms with Gasteiger partial charge in [-0.25, -0.2) is 9.29 Å². The lowest BCUT2D eigenvalue weighted by atomic mass is 9.80. The van der Waals surface area contributed by atoms with Gasteiger partial charge in [0.25, 0.3) is 0 Å². The van der Waals surface area contributed by atoms with E-state index in [1.165, 1.54) is 19.2 Å². The Kier molecular flexibility index (Phi) is 4.27. The number of nitrogens with zero attached hydrogens (tertiary/aromatic N) is 1. The highest BCUT2D eigenvalue weighted by molar-refractivity contribution is 6.24. The lowest BCUT2D eigenvalue weighted by Crippen LogP contribution is -2.54. The number of methoxy groups -OCH3 is 1. The van der Waals surface area contributed by atoms with Gasteiger partial charge in [-0.2, -0.15) is 0 Å². The number of anilines is 1. The lowest BCUT2D eigenvalue weighted by Gasteiger charge is -2.28. The van der Waals surface area contributed by atoms with E-state index in [2.05, 4.69) is 5.32 Å². The van der Waals surface area contributed by atoms with Crippen molar-refractivity contribution in [2.45, 2.75) is 18.5 Å². The zero-order chi connectivity index (χ0) is 20.1. The van der Waals surface area contributed by atoms with Crippen LogP contribution in [0.5, 0.6) is 0 Å². The summed E-state index contributed by atoms with van der Waals surface area (Å²) < 4.78 is 18.3. The summed E-state index contributed by atoms with van der Waals surface area (Å²) in [5, 5.41) is 3.12. The van der Waals surface area contributed by atoms with E-state index in [9.17, 15) is 18.8 Å². The van der Waals surface area contributed by atoms with Crippen molar-refractivity contribution in [3.8, 4) is 0 Å². The molecule has 2 amide bonds. The maximum absolute atomic E-state index is 13.4. The van der Waals surface area contributed by atoms with E-state index >= 15 is 0 Å². The quantitative estimate of drug-likeness (QED) is 0.651. The molecular weight excluding hydrogens is 363 g/mol. The number of nitrogens with one attached hydrogen (secondary N) is 1. The maximum atomic E-state index is 13.4. The SMILES string of the molecule is COC(=O)[C@]1(C)N[C@H](c2ccc(F)cc2)[C@@H]2C(=O)N(c3ccccc3)C(=O)[C@H]21. The van der Waals surface area contributed by atoms with Gasteiger partial charge >= 0.3 is 5.97 Å². The summed E-state index contributed by atoms with van der Waals surface area (Å²) in [6.45, 7) is 1.57. The molecule has 2 aliphatic rings. The molecule has 2 saturated heterocycles. The summed E-state index contributed by atoms with van der Waals surface area (Å²) >= 11 is 0. The molecule has 2 heterocycles. The fourth-order valence-electron chi connectivity index (χ4n) is 4.33. The smallest absolute Gasteiger partial charge is 0.326 e. The Morgan fingerprint density at radius 3 is 2.32 bits per heavy atom. The van der Waals surface area contributed by atoms with Crippen LogP contribution in [0.2, 0.25) is 0 Å². The molecule has 0 saturated carbocycles. The molecular formula is C21H19FN2O4. The first kappa shape index (κ1) is 18.3. The lowest BCUT2D eigenvalue weighted by molar-refractivity contribution is -0.151. The molecule has 0 unspecified atom stereocenters. The maximum Gasteiger partial charge on any atom is 0.326 e. The predicted octanol–water partition coefficient (Wildman–Crippen LogP) is 2.21. The van der Waals surface area contributed by atoms with E-state index in [0.717, 1.165) is 4.90 Å². The molecule has 2 aromatic rings. The van der Waals surface area contributed by atoms with Crippen molar-refractivity contribution in [2.75, 3.05) is 12.0 Å². The summed E-state index contributed by atoms with van der Waals surface area (Å²) in [6, 6.07) is 13.7. The first-order valence-electron chi connectivity index (χ1n) is 8.93. The Balaban J connectivity index is 1.82. The Labute approximate surface area is 161 Å². The van der Waals surface area contributed by atoms with E-state index < -0.39 is 47.0 Å². The Morgan fingerprint density at radius 1 is 1.07 bits per heavy atom. The minimum Gasteiger partial charge on any atom is -0.468 e. The first-order chi connectivity index (χ1) is 13.4. The zero-order valence-electron chi connectivity index (χ0n) is 15.4. The number of ether oxygens (including phenoxy) is 1. The van der Waals surface area contributed by atoms with Crippen molar-refractivity contribution in [2.24, 2.45) is 11.8 Å². The Bertz CT molecular complexity index is 947. The molecule has 2 fully saturated rings. The molecule has 2 aromatic carbocycles. The highest BCUT2D eigenvalue weighted by Gasteiger charge is 2.67. The number of fused-ring (bicyclic) bond motifs is 1. The third kappa shape index (κ3) is 2.54. The van der Waals surface area contributed by atoms with E-state index in [-0.39, 0.29) is 0 Å². The summed E-state index contributed by atoms with van der Waals surface area (Å²) in [6.07, 6.45) is 0. The fourth-order valence-corrected chi connectivity index (χ4v) is 4.33. The van der Waals surface area contributed by atoms with Gasteiger partial charge in [-0.3, -0.25) is 19.7 Å². The summed E-state index contributed by atoms with van der Waals surface area (Å²) in [5.74, 6) is -3.61. The van der Waals surface area contributed by atoms with Crippen LogP contribution in [-0.2, 0) is 19.1 Å². The fraction of sp³-hybridized carbons (Fsp3) is 0.286. The molecule has 2 aliphatic heterocycles. The van der Waals surface area contributed by atoms with Gasteiger partial charge in [-0.1, -0.05) is 30.3 Å². The number of benzene rings is 2. The Hall–Kier alpha value is -3.06. The minimum atomic E-state index is -1.38. The molecule has 7 heteroatoms. The van der Waals surface area contributed by atoms with Crippen LogP contribution in [-0.4, -0.2) is 30.4 Å². The molecule has 0 aliphatic carbocycles. The van der Waals surface area contributed by atoms with Crippen LogP contribution >= 0.6 is 0 Å². The van der Waals surface area contributed by atoms with Gasteiger partial charge in [0, 0.05) is 6.04 Å². The number of para-hydroxylation sites is 1. The van der Waals surface area contributed by atoms with Crippen molar-refractivity contribution in [3.05, 3.63) is 66.0 Å². The van der Waals surface area contributed by atoms with Gasteiger partial charge in [0.2, 0.25) is 11.8 Å². The number of amides is 2. The molecule has 0 aromatic heterocycles. The molecule has 28 heavy (non-hydrogen) atoms. The molecule has 0 radical (unpaired) electrons. The standard InChI is InChI=1S/C21H19FN2O4/c1-21(20(27)28-2)16-15(17(23-21)12-8-10-13(22)11-9-12)18(25)24(19(16)26)14-6-4-3-5-7-14/h3-11,15-17,23H,1-2H3/t15-,16+,17-,21-/m1/s1. The molecule has 1 N–H and O–H groups in total. The van der Waals surface area contributed by atoms with Crippen molar-refractivity contribution in [1.29, 1.82) is 0 Å². The predicted molar refractivity (Wildman–Crippen MR) is 98.6 cm³/mol. The average Bonchev–Trinajstić information content (AvgIpc) is 3.16. The minimum absolute atomic E-state index is 0.393. The monoisotopic (exact) mass is 382 g/mol. The largest absolute Gasteiger partial charge is 0.468 e. The number of halogens is 1. The van der Waals surface area contributed by atoms with Crippen LogP contribution in [0.4, 0.5) is 10.1 Å². The molecule has 144 valence electrons. The second-order valence-corrected chi connectivity index (χ2v) is 7.22.